The second kappa shape index (κ2) is 10.0. The van der Waals surface area contributed by atoms with Crippen molar-refractivity contribution >= 4 is 11.0 Å². The van der Waals surface area contributed by atoms with Gasteiger partial charge in [-0.25, -0.2) is 24.3 Å². The number of hydrogen-bond acceptors (Lipinski definition) is 4. The fraction of sp³-hybridized carbons (Fsp3) is 0. The lowest BCUT2D eigenvalue weighted by Crippen LogP contribution is -2.05. The molecule has 0 saturated heterocycles. The Morgan fingerprint density at radius 2 is 0.975 bits per heavy atom. The fourth-order valence-electron chi connectivity index (χ4n) is 4.88. The van der Waals surface area contributed by atoms with Gasteiger partial charge < -0.3 is 0 Å². The topological polar surface area (TPSA) is 56.5 Å². The Bertz CT molecular complexity index is 1910. The van der Waals surface area contributed by atoms with Gasteiger partial charge in [-0.15, -0.1) is 0 Å². The molecular weight excluding hydrogens is 497 g/mol. The first-order chi connectivity index (χ1) is 19.8. The smallest absolute Gasteiger partial charge is 0.166 e. The maximum Gasteiger partial charge on any atom is 0.166 e. The van der Waals surface area contributed by atoms with Crippen molar-refractivity contribution in [2.24, 2.45) is 0 Å². The highest BCUT2D eigenvalue weighted by atomic mass is 19.1. The van der Waals surface area contributed by atoms with Crippen LogP contribution in [0, 0.1) is 5.82 Å². The third kappa shape index (κ3) is 4.22. The molecule has 0 radical (unpaired) electrons. The number of halogens is 1. The minimum absolute atomic E-state index is 0.338. The second-order valence-corrected chi connectivity index (χ2v) is 9.29. The van der Waals surface area contributed by atoms with Crippen molar-refractivity contribution < 1.29 is 4.39 Å². The predicted molar refractivity (Wildman–Crippen MR) is 156 cm³/mol. The van der Waals surface area contributed by atoms with Crippen molar-refractivity contribution in [3.63, 3.8) is 0 Å². The van der Waals surface area contributed by atoms with Crippen molar-refractivity contribution in [2.75, 3.05) is 0 Å². The summed E-state index contributed by atoms with van der Waals surface area (Å²) < 4.78 is 17.1. The summed E-state index contributed by atoms with van der Waals surface area (Å²) in [6.07, 6.45) is 0. The Kier molecular flexibility index (Phi) is 5.90. The van der Waals surface area contributed by atoms with Gasteiger partial charge in [-0.05, 0) is 36.4 Å². The van der Waals surface area contributed by atoms with Crippen LogP contribution >= 0.6 is 0 Å². The average Bonchev–Trinajstić information content (AvgIpc) is 3.41. The van der Waals surface area contributed by atoms with E-state index in [9.17, 15) is 0 Å². The van der Waals surface area contributed by atoms with Gasteiger partial charge in [0.25, 0.3) is 0 Å². The SMILES string of the molecule is Fc1ccccc1-c1nc2ccccc2n1-c1ccccc1-c1nc(-c2ccccc2)nc(-c2ccccc2)n1. The highest BCUT2D eigenvalue weighted by Crippen LogP contribution is 2.35. The first-order valence-corrected chi connectivity index (χ1v) is 13.0. The van der Waals surface area contributed by atoms with Crippen LogP contribution in [0.15, 0.2) is 133 Å². The van der Waals surface area contributed by atoms with Crippen molar-refractivity contribution in [3.8, 4) is 51.2 Å². The molecule has 0 amide bonds. The Balaban J connectivity index is 1.51. The molecule has 0 bridgehead atoms. The van der Waals surface area contributed by atoms with Crippen molar-refractivity contribution in [3.05, 3.63) is 139 Å². The normalized spacial score (nSPS) is 11.1. The van der Waals surface area contributed by atoms with E-state index >= 15 is 4.39 Å². The molecule has 0 fully saturated rings. The molecule has 2 aromatic heterocycles. The van der Waals surface area contributed by atoms with Crippen LogP contribution in [-0.4, -0.2) is 24.5 Å². The van der Waals surface area contributed by atoms with Crippen LogP contribution < -0.4 is 0 Å². The van der Waals surface area contributed by atoms with E-state index in [1.807, 2.05) is 120 Å². The zero-order chi connectivity index (χ0) is 26.9. The van der Waals surface area contributed by atoms with Crippen LogP contribution in [0.25, 0.3) is 62.3 Å². The molecule has 5 aromatic carbocycles. The van der Waals surface area contributed by atoms with E-state index in [1.165, 1.54) is 6.07 Å². The lowest BCUT2D eigenvalue weighted by molar-refractivity contribution is 0.629. The van der Waals surface area contributed by atoms with E-state index in [4.69, 9.17) is 19.9 Å². The molecule has 6 heteroatoms. The second-order valence-electron chi connectivity index (χ2n) is 9.29. The van der Waals surface area contributed by atoms with Crippen LogP contribution in [-0.2, 0) is 0 Å². The Morgan fingerprint density at radius 1 is 0.450 bits per heavy atom. The van der Waals surface area contributed by atoms with Crippen molar-refractivity contribution in [1.82, 2.24) is 24.5 Å². The lowest BCUT2D eigenvalue weighted by atomic mass is 10.1. The molecule has 0 aliphatic rings. The van der Waals surface area contributed by atoms with E-state index in [0.717, 1.165) is 33.4 Å². The monoisotopic (exact) mass is 519 g/mol. The summed E-state index contributed by atoms with van der Waals surface area (Å²) >= 11 is 0. The maximum atomic E-state index is 15.1. The zero-order valence-electron chi connectivity index (χ0n) is 21.3. The number of aromatic nitrogens is 5. The number of rotatable bonds is 5. The molecule has 0 aliphatic heterocycles. The number of fused-ring (bicyclic) bond motifs is 1. The van der Waals surface area contributed by atoms with Gasteiger partial charge in [0.1, 0.15) is 11.6 Å². The molecule has 0 N–H and O–H groups in total. The molecule has 2 heterocycles. The van der Waals surface area contributed by atoms with Crippen LogP contribution in [0.5, 0.6) is 0 Å². The van der Waals surface area contributed by atoms with Crippen LogP contribution in [0.2, 0.25) is 0 Å². The first kappa shape index (κ1) is 23.6. The van der Waals surface area contributed by atoms with Gasteiger partial charge in [0, 0.05) is 16.7 Å². The van der Waals surface area contributed by atoms with E-state index in [2.05, 4.69) is 0 Å². The first-order valence-electron chi connectivity index (χ1n) is 13.0. The van der Waals surface area contributed by atoms with E-state index in [0.29, 0.717) is 28.9 Å². The van der Waals surface area contributed by atoms with Gasteiger partial charge in [-0.1, -0.05) is 97.1 Å². The summed E-state index contributed by atoms with van der Waals surface area (Å²) in [5, 5.41) is 0. The van der Waals surface area contributed by atoms with Gasteiger partial charge in [-0.2, -0.15) is 0 Å². The lowest BCUT2D eigenvalue weighted by Gasteiger charge is -2.15. The molecule has 0 saturated carbocycles. The summed E-state index contributed by atoms with van der Waals surface area (Å²) in [5.41, 5.74) is 5.38. The number of para-hydroxylation sites is 3. The van der Waals surface area contributed by atoms with Gasteiger partial charge in [0.15, 0.2) is 17.5 Å². The molecule has 0 atom stereocenters. The summed E-state index contributed by atoms with van der Waals surface area (Å²) in [7, 11) is 0. The van der Waals surface area contributed by atoms with Gasteiger partial charge >= 0.3 is 0 Å². The van der Waals surface area contributed by atoms with Gasteiger partial charge in [-0.3, -0.25) is 4.57 Å². The van der Waals surface area contributed by atoms with Gasteiger partial charge in [0.05, 0.1) is 22.3 Å². The van der Waals surface area contributed by atoms with Crippen LogP contribution in [0.4, 0.5) is 4.39 Å². The summed E-state index contributed by atoms with van der Waals surface area (Å²) in [4.78, 5) is 19.6. The number of benzene rings is 5. The van der Waals surface area contributed by atoms with Crippen LogP contribution in [0.1, 0.15) is 0 Å². The van der Waals surface area contributed by atoms with E-state index in [-0.39, 0.29) is 5.82 Å². The predicted octanol–water partition coefficient (Wildman–Crippen LogP) is 8.02. The third-order valence-electron chi connectivity index (χ3n) is 6.76. The quantitative estimate of drug-likeness (QED) is 0.231. The maximum absolute atomic E-state index is 15.1. The highest BCUT2D eigenvalue weighted by molar-refractivity contribution is 5.86. The Labute approximate surface area is 230 Å². The largest absolute Gasteiger partial charge is 0.292 e. The average molecular weight is 520 g/mol. The molecule has 190 valence electrons. The number of imidazole rings is 1. The zero-order valence-corrected chi connectivity index (χ0v) is 21.3. The molecule has 7 aromatic rings. The fourth-order valence-corrected chi connectivity index (χ4v) is 4.88. The van der Waals surface area contributed by atoms with Crippen LogP contribution in [0.3, 0.4) is 0 Å². The summed E-state index contributed by atoms with van der Waals surface area (Å²) in [6, 6.07) is 42.1. The molecule has 0 unspecified atom stereocenters. The van der Waals surface area contributed by atoms with Gasteiger partial charge in [0.2, 0.25) is 0 Å². The highest BCUT2D eigenvalue weighted by Gasteiger charge is 2.21. The molecule has 7 rings (SSSR count). The number of hydrogen-bond donors (Lipinski definition) is 0. The molecule has 40 heavy (non-hydrogen) atoms. The molecule has 5 nitrogen and oxygen atoms in total. The summed E-state index contributed by atoms with van der Waals surface area (Å²) in [5.74, 6) is 1.83. The molecule has 0 aliphatic carbocycles. The summed E-state index contributed by atoms with van der Waals surface area (Å²) in [6.45, 7) is 0. The Hall–Kier alpha value is -5.49. The Morgan fingerprint density at radius 3 is 1.65 bits per heavy atom. The van der Waals surface area contributed by atoms with Crippen molar-refractivity contribution in [2.45, 2.75) is 0 Å². The van der Waals surface area contributed by atoms with E-state index in [1.54, 1.807) is 12.1 Å². The van der Waals surface area contributed by atoms with Crippen molar-refractivity contribution in [1.29, 1.82) is 0 Å². The minimum atomic E-state index is -0.338. The standard InChI is InChI=1S/C34H22FN5/c35-27-19-9-7-17-25(27)34-36-28-20-10-12-22-30(28)40(34)29-21-11-8-18-26(29)33-38-31(23-13-3-1-4-14-23)37-32(39-33)24-15-5-2-6-16-24/h1-22H. The molecular formula is C34H22FN5. The minimum Gasteiger partial charge on any atom is -0.292 e. The number of nitrogens with zero attached hydrogens (tertiary/aromatic N) is 5. The molecule has 0 spiro atoms. The third-order valence-corrected chi connectivity index (χ3v) is 6.76. The van der Waals surface area contributed by atoms with E-state index < -0.39 is 0 Å².